The molecule has 0 bridgehead atoms. The largest absolute Gasteiger partial charge is 0.481 e. The van der Waals surface area contributed by atoms with Crippen LogP contribution in [0, 0.1) is 0 Å². The Labute approximate surface area is 293 Å². The molecule has 3 aromatic heterocycles. The highest BCUT2D eigenvalue weighted by atomic mass is 35.5. The molecule has 2 saturated heterocycles. The average Bonchev–Trinajstić information content (AvgIpc) is 3.84. The molecule has 2 amide bonds. The van der Waals surface area contributed by atoms with Gasteiger partial charge in [-0.15, -0.1) is 0 Å². The molecule has 2 atom stereocenters. The fourth-order valence-electron chi connectivity index (χ4n) is 6.38. The van der Waals surface area contributed by atoms with Crippen LogP contribution in [-0.4, -0.2) is 63.7 Å². The Kier molecular flexibility index (Phi) is 9.77. The Morgan fingerprint density at radius 2 is 1.37 bits per heavy atom. The second kappa shape index (κ2) is 14.5. The van der Waals surface area contributed by atoms with Crippen molar-refractivity contribution in [1.82, 2.24) is 40.8 Å². The van der Waals surface area contributed by atoms with Gasteiger partial charge in [-0.25, -0.2) is 14.5 Å². The van der Waals surface area contributed by atoms with E-state index < -0.39 is 0 Å². The predicted molar refractivity (Wildman–Crippen MR) is 189 cm³/mol. The Morgan fingerprint density at radius 1 is 0.776 bits per heavy atom. The summed E-state index contributed by atoms with van der Waals surface area (Å²) in [6.45, 7) is 2.49. The van der Waals surface area contributed by atoms with Crippen molar-refractivity contribution in [2.24, 2.45) is 0 Å². The zero-order valence-corrected chi connectivity index (χ0v) is 28.4. The first-order chi connectivity index (χ1) is 23.9. The molecule has 5 aromatic rings. The maximum atomic E-state index is 11.5. The first kappa shape index (κ1) is 33.0. The van der Waals surface area contributed by atoms with Gasteiger partial charge in [0, 0.05) is 78.9 Å². The van der Waals surface area contributed by atoms with E-state index in [9.17, 15) is 9.59 Å². The third kappa shape index (κ3) is 7.25. The van der Waals surface area contributed by atoms with Crippen molar-refractivity contribution in [3.8, 4) is 39.5 Å². The van der Waals surface area contributed by atoms with Crippen molar-refractivity contribution in [3.05, 3.63) is 88.2 Å². The highest BCUT2D eigenvalue weighted by Gasteiger charge is 2.22. The second-order valence-electron chi connectivity index (χ2n) is 12.3. The molecule has 11 nitrogen and oxygen atoms in total. The number of halogens is 2. The van der Waals surface area contributed by atoms with Gasteiger partial charge in [-0.3, -0.25) is 9.59 Å². The smallest absolute Gasteiger partial charge is 0.220 e. The summed E-state index contributed by atoms with van der Waals surface area (Å²) in [6.07, 6.45) is 4.73. The Bertz CT molecular complexity index is 2030. The summed E-state index contributed by atoms with van der Waals surface area (Å²) in [5.74, 6) is 0.710. The van der Waals surface area contributed by atoms with Gasteiger partial charge in [-0.1, -0.05) is 65.7 Å². The molecule has 4 N–H and O–H groups in total. The van der Waals surface area contributed by atoms with Gasteiger partial charge in [0.25, 0.3) is 0 Å². The Balaban J connectivity index is 1.09. The molecule has 2 aliphatic heterocycles. The van der Waals surface area contributed by atoms with Gasteiger partial charge in [0.15, 0.2) is 5.65 Å². The van der Waals surface area contributed by atoms with Crippen LogP contribution in [0.3, 0.4) is 0 Å². The van der Waals surface area contributed by atoms with E-state index in [2.05, 4.69) is 26.3 Å². The number of benzene rings is 2. The maximum absolute atomic E-state index is 11.5. The number of carbonyl (C=O) groups excluding carboxylic acids is 2. The van der Waals surface area contributed by atoms with Crippen LogP contribution < -0.4 is 26.0 Å². The number of amides is 2. The lowest BCUT2D eigenvalue weighted by Crippen LogP contribution is -2.35. The zero-order chi connectivity index (χ0) is 33.9. The number of imidazole rings is 1. The van der Waals surface area contributed by atoms with Crippen LogP contribution in [0.2, 0.25) is 10.0 Å². The number of methoxy groups -OCH3 is 1. The van der Waals surface area contributed by atoms with E-state index >= 15 is 0 Å². The molecule has 0 unspecified atom stereocenters. The minimum atomic E-state index is 0.0994. The summed E-state index contributed by atoms with van der Waals surface area (Å²) in [5.41, 5.74) is 6.92. The number of carbonyl (C=O) groups is 2. The van der Waals surface area contributed by atoms with Gasteiger partial charge in [0.2, 0.25) is 17.7 Å². The molecule has 13 heteroatoms. The van der Waals surface area contributed by atoms with Crippen LogP contribution in [-0.2, 0) is 22.7 Å². The van der Waals surface area contributed by atoms with E-state index in [4.69, 9.17) is 38.0 Å². The number of nitrogens with zero attached hydrogens (tertiary/aromatic N) is 4. The number of ether oxygens (including phenoxy) is 1. The van der Waals surface area contributed by atoms with E-state index in [1.165, 1.54) is 0 Å². The lowest BCUT2D eigenvalue weighted by Gasteiger charge is -2.15. The van der Waals surface area contributed by atoms with Gasteiger partial charge in [0.05, 0.1) is 40.4 Å². The van der Waals surface area contributed by atoms with Crippen LogP contribution in [0.5, 0.6) is 5.88 Å². The van der Waals surface area contributed by atoms with Gasteiger partial charge in [-0.05, 0) is 31.0 Å². The van der Waals surface area contributed by atoms with Crippen LogP contribution in [0.1, 0.15) is 36.9 Å². The van der Waals surface area contributed by atoms with Crippen LogP contribution in [0.25, 0.3) is 39.3 Å². The maximum Gasteiger partial charge on any atom is 0.220 e. The van der Waals surface area contributed by atoms with Crippen LogP contribution in [0.15, 0.2) is 66.9 Å². The first-order valence-electron chi connectivity index (χ1n) is 16.3. The average molecular weight is 700 g/mol. The number of fused-ring (bicyclic) bond motifs is 1. The molecule has 5 heterocycles. The molecule has 252 valence electrons. The quantitative estimate of drug-likeness (QED) is 0.140. The Morgan fingerprint density at radius 3 is 1.98 bits per heavy atom. The topological polar surface area (TPSA) is 135 Å². The molecule has 0 radical (unpaired) electrons. The molecule has 0 spiro atoms. The third-order valence-electron chi connectivity index (χ3n) is 8.91. The number of nitrogens with one attached hydrogen (secondary N) is 4. The van der Waals surface area contributed by atoms with Crippen LogP contribution in [0.4, 0.5) is 0 Å². The van der Waals surface area contributed by atoms with E-state index in [0.29, 0.717) is 66.3 Å². The number of hydrogen-bond acceptors (Lipinski definition) is 8. The fourth-order valence-corrected chi connectivity index (χ4v) is 7.03. The fraction of sp³-hybridized carbons (Fsp3) is 0.306. The standard InChI is InChI=1S/C36H36Cl2N8O3/c1-49-36-21(16-39-17-22-9-14-32(47)42-22)8-11-29(44-36)27-6-2-4-25(34(27)37)26-5-3-7-28(35(26)38)30-12-13-31-41-24(20-46(31)45-30)19-40-18-23-10-15-33(48)43-23/h2-8,11-13,20,22-23,39-40H,9-10,14-19H2,1H3,(H,42,47)(H,43,48)/t22-,23+/m0/s1. The SMILES string of the molecule is COc1nc(-c2cccc(-c3cccc(-c4ccc5nc(CNC[C@H]6CCC(=O)N6)cn5n4)c3Cl)c2Cl)ccc1CNC[C@@H]1CCC(=O)N1. The third-order valence-corrected chi connectivity index (χ3v) is 9.73. The summed E-state index contributed by atoms with van der Waals surface area (Å²) >= 11 is 14.2. The van der Waals surface area contributed by atoms with E-state index in [0.717, 1.165) is 52.0 Å². The molecular formula is C36H36Cl2N8O3. The van der Waals surface area contributed by atoms with Crippen molar-refractivity contribution in [1.29, 1.82) is 0 Å². The highest BCUT2D eigenvalue weighted by molar-refractivity contribution is 6.39. The van der Waals surface area contributed by atoms with Gasteiger partial charge < -0.3 is 26.0 Å². The lowest BCUT2D eigenvalue weighted by atomic mass is 9.98. The summed E-state index contributed by atoms with van der Waals surface area (Å²) in [5, 5.41) is 18.6. The molecule has 0 aliphatic carbocycles. The number of pyridine rings is 1. The predicted octanol–water partition coefficient (Wildman–Crippen LogP) is 5.18. The molecule has 2 aromatic carbocycles. The highest BCUT2D eigenvalue weighted by Crippen LogP contribution is 2.42. The molecule has 7 rings (SSSR count). The number of hydrogen-bond donors (Lipinski definition) is 4. The van der Waals surface area contributed by atoms with Gasteiger partial charge >= 0.3 is 0 Å². The minimum Gasteiger partial charge on any atom is -0.481 e. The molecular weight excluding hydrogens is 663 g/mol. The van der Waals surface area contributed by atoms with E-state index in [1.54, 1.807) is 11.6 Å². The van der Waals surface area contributed by atoms with Crippen LogP contribution >= 0.6 is 23.2 Å². The summed E-state index contributed by atoms with van der Waals surface area (Å²) < 4.78 is 7.40. The normalized spacial score (nSPS) is 17.4. The van der Waals surface area contributed by atoms with E-state index in [1.807, 2.05) is 66.9 Å². The first-order valence-corrected chi connectivity index (χ1v) is 17.1. The van der Waals surface area contributed by atoms with Crippen molar-refractivity contribution >= 4 is 40.7 Å². The van der Waals surface area contributed by atoms with E-state index in [-0.39, 0.29) is 23.9 Å². The minimum absolute atomic E-state index is 0.0994. The number of rotatable bonds is 12. The molecule has 2 fully saturated rings. The zero-order valence-electron chi connectivity index (χ0n) is 26.9. The molecule has 2 aliphatic rings. The summed E-state index contributed by atoms with van der Waals surface area (Å²) in [7, 11) is 1.60. The summed E-state index contributed by atoms with van der Waals surface area (Å²) in [4.78, 5) is 32.4. The monoisotopic (exact) mass is 698 g/mol. The van der Waals surface area contributed by atoms with Gasteiger partial charge in [0.1, 0.15) is 0 Å². The van der Waals surface area contributed by atoms with Crippen molar-refractivity contribution in [2.45, 2.75) is 50.9 Å². The van der Waals surface area contributed by atoms with Gasteiger partial charge in [-0.2, -0.15) is 5.10 Å². The molecule has 49 heavy (non-hydrogen) atoms. The van der Waals surface area contributed by atoms with Crippen molar-refractivity contribution in [3.63, 3.8) is 0 Å². The second-order valence-corrected chi connectivity index (χ2v) is 13.1. The Hall–Kier alpha value is -4.55. The number of aromatic nitrogens is 4. The molecule has 0 saturated carbocycles. The van der Waals surface area contributed by atoms with Crippen molar-refractivity contribution in [2.75, 3.05) is 20.2 Å². The van der Waals surface area contributed by atoms with Crippen molar-refractivity contribution < 1.29 is 14.3 Å². The summed E-state index contributed by atoms with van der Waals surface area (Å²) in [6, 6.07) is 19.7. The lowest BCUT2D eigenvalue weighted by molar-refractivity contribution is -0.120.